The van der Waals surface area contributed by atoms with Crippen molar-refractivity contribution in [2.75, 3.05) is 7.05 Å². The number of nitrogens with zero attached hydrogens (tertiary/aromatic N) is 3. The summed E-state index contributed by atoms with van der Waals surface area (Å²) >= 11 is 2.78. The number of benzene rings is 1. The van der Waals surface area contributed by atoms with E-state index in [2.05, 4.69) is 15.0 Å². The van der Waals surface area contributed by atoms with Crippen molar-refractivity contribution in [3.63, 3.8) is 0 Å². The zero-order valence-electron chi connectivity index (χ0n) is 13.8. The molecule has 0 aliphatic heterocycles. The highest BCUT2D eigenvalue weighted by molar-refractivity contribution is 7.17. The molecule has 3 heterocycles. The number of rotatable bonds is 4. The van der Waals surface area contributed by atoms with Gasteiger partial charge in [0.1, 0.15) is 21.2 Å². The van der Waals surface area contributed by atoms with Crippen LogP contribution in [-0.4, -0.2) is 32.8 Å². The Bertz CT molecular complexity index is 1130. The number of hydrogen-bond donors (Lipinski definition) is 1. The summed E-state index contributed by atoms with van der Waals surface area (Å²) in [6.45, 7) is 0.206. The molecular formula is C18H14N4O2S2. The highest BCUT2D eigenvalue weighted by Gasteiger charge is 2.17. The van der Waals surface area contributed by atoms with E-state index < -0.39 is 0 Å². The number of H-pyrrole nitrogens is 1. The predicted octanol–water partition coefficient (Wildman–Crippen LogP) is 3.38. The number of amides is 1. The molecule has 4 aromatic rings. The Hall–Kier alpha value is -2.84. The smallest absolute Gasteiger partial charge is 0.273 e. The van der Waals surface area contributed by atoms with Crippen molar-refractivity contribution in [3.05, 3.63) is 69.0 Å². The van der Waals surface area contributed by atoms with Gasteiger partial charge in [-0.2, -0.15) is 0 Å². The molecule has 8 heteroatoms. The lowest BCUT2D eigenvalue weighted by Gasteiger charge is -2.15. The van der Waals surface area contributed by atoms with Gasteiger partial charge < -0.3 is 9.88 Å². The monoisotopic (exact) mass is 382 g/mol. The zero-order valence-corrected chi connectivity index (χ0v) is 15.4. The number of nitrogens with one attached hydrogen (secondary N) is 1. The summed E-state index contributed by atoms with van der Waals surface area (Å²) in [4.78, 5) is 37.8. The standard InChI is InChI=1S/C18H14N4O2S2/c1-22(9-14-19-12-7-8-25-15(12)16(23)21-14)18(24)13-10-26-17(20-13)11-5-3-2-4-6-11/h2-8,10H,9H2,1H3,(H,19,21,23). The number of aromatic nitrogens is 3. The van der Waals surface area contributed by atoms with Crippen LogP contribution < -0.4 is 5.56 Å². The van der Waals surface area contributed by atoms with Gasteiger partial charge in [0, 0.05) is 18.0 Å². The van der Waals surface area contributed by atoms with Gasteiger partial charge in [0.2, 0.25) is 0 Å². The fourth-order valence-electron chi connectivity index (χ4n) is 2.57. The molecule has 0 atom stereocenters. The van der Waals surface area contributed by atoms with Crippen LogP contribution in [0.1, 0.15) is 16.3 Å². The van der Waals surface area contributed by atoms with Gasteiger partial charge in [-0.1, -0.05) is 30.3 Å². The molecule has 0 aliphatic rings. The van der Waals surface area contributed by atoms with Crippen molar-refractivity contribution in [1.29, 1.82) is 0 Å². The van der Waals surface area contributed by atoms with E-state index in [9.17, 15) is 9.59 Å². The fourth-order valence-corrected chi connectivity index (χ4v) is 4.10. The third kappa shape index (κ3) is 3.16. The summed E-state index contributed by atoms with van der Waals surface area (Å²) in [5.41, 5.74) is 1.83. The maximum Gasteiger partial charge on any atom is 0.273 e. The Labute approximate surface area is 156 Å². The summed E-state index contributed by atoms with van der Waals surface area (Å²) < 4.78 is 0.592. The largest absolute Gasteiger partial charge is 0.333 e. The van der Waals surface area contributed by atoms with Crippen LogP contribution in [0.15, 0.2) is 52.0 Å². The molecule has 0 saturated carbocycles. The maximum absolute atomic E-state index is 12.6. The van der Waals surface area contributed by atoms with Crippen molar-refractivity contribution in [2.24, 2.45) is 0 Å². The summed E-state index contributed by atoms with van der Waals surface area (Å²) in [6.07, 6.45) is 0. The molecular weight excluding hydrogens is 368 g/mol. The van der Waals surface area contributed by atoms with Crippen molar-refractivity contribution >= 4 is 38.8 Å². The summed E-state index contributed by atoms with van der Waals surface area (Å²) in [6, 6.07) is 11.5. The van der Waals surface area contributed by atoms with Crippen LogP contribution in [0.3, 0.4) is 0 Å². The Morgan fingerprint density at radius 1 is 1.15 bits per heavy atom. The molecule has 130 valence electrons. The number of carbonyl (C=O) groups excluding carboxylic acids is 1. The topological polar surface area (TPSA) is 79.0 Å². The van der Waals surface area contributed by atoms with E-state index in [1.165, 1.54) is 27.6 Å². The Morgan fingerprint density at radius 3 is 2.77 bits per heavy atom. The molecule has 0 unspecified atom stereocenters. The lowest BCUT2D eigenvalue weighted by atomic mass is 10.2. The van der Waals surface area contributed by atoms with Crippen LogP contribution in [0.4, 0.5) is 0 Å². The van der Waals surface area contributed by atoms with Crippen molar-refractivity contribution in [2.45, 2.75) is 6.54 Å². The minimum absolute atomic E-state index is 0.180. The van der Waals surface area contributed by atoms with Crippen LogP contribution in [0.2, 0.25) is 0 Å². The van der Waals surface area contributed by atoms with Gasteiger partial charge in [-0.15, -0.1) is 22.7 Å². The Kier molecular flexibility index (Phi) is 4.36. The van der Waals surface area contributed by atoms with Gasteiger partial charge in [-0.3, -0.25) is 9.59 Å². The predicted molar refractivity (Wildman–Crippen MR) is 104 cm³/mol. The lowest BCUT2D eigenvalue weighted by Crippen LogP contribution is -2.28. The number of thiophene rings is 1. The van der Waals surface area contributed by atoms with Crippen molar-refractivity contribution in [1.82, 2.24) is 19.9 Å². The number of fused-ring (bicyclic) bond motifs is 1. The first-order valence-corrected chi connectivity index (χ1v) is 9.60. The number of hydrogen-bond acceptors (Lipinski definition) is 6. The quantitative estimate of drug-likeness (QED) is 0.587. The van der Waals surface area contributed by atoms with Gasteiger partial charge in [-0.25, -0.2) is 9.97 Å². The highest BCUT2D eigenvalue weighted by Crippen LogP contribution is 2.24. The fraction of sp³-hybridized carbons (Fsp3) is 0.111. The molecule has 0 bridgehead atoms. The van der Waals surface area contributed by atoms with Crippen LogP contribution in [-0.2, 0) is 6.54 Å². The first-order valence-electron chi connectivity index (χ1n) is 7.84. The highest BCUT2D eigenvalue weighted by atomic mass is 32.1. The first kappa shape index (κ1) is 16.6. The lowest BCUT2D eigenvalue weighted by molar-refractivity contribution is 0.0776. The molecule has 26 heavy (non-hydrogen) atoms. The molecule has 1 N–H and O–H groups in total. The van der Waals surface area contributed by atoms with E-state index in [1.54, 1.807) is 18.5 Å². The third-order valence-electron chi connectivity index (χ3n) is 3.84. The molecule has 0 saturated heterocycles. The van der Waals surface area contributed by atoms with Crippen LogP contribution in [0.25, 0.3) is 20.8 Å². The van der Waals surface area contributed by atoms with Gasteiger partial charge in [0.15, 0.2) is 0 Å². The minimum atomic E-state index is -0.212. The van der Waals surface area contributed by atoms with Gasteiger partial charge in [-0.05, 0) is 11.4 Å². The molecule has 1 aromatic carbocycles. The van der Waals surface area contributed by atoms with Crippen LogP contribution in [0.5, 0.6) is 0 Å². The summed E-state index contributed by atoms with van der Waals surface area (Å²) in [5, 5.41) is 4.37. The van der Waals surface area contributed by atoms with Gasteiger partial charge in [0.25, 0.3) is 11.5 Å². The maximum atomic E-state index is 12.6. The first-order chi connectivity index (χ1) is 12.6. The summed E-state index contributed by atoms with van der Waals surface area (Å²) in [5.74, 6) is 0.242. The van der Waals surface area contributed by atoms with Crippen LogP contribution >= 0.6 is 22.7 Å². The van der Waals surface area contributed by atoms with Gasteiger partial charge >= 0.3 is 0 Å². The average Bonchev–Trinajstić information content (AvgIpc) is 3.31. The molecule has 3 aromatic heterocycles. The van der Waals surface area contributed by atoms with E-state index in [-0.39, 0.29) is 18.0 Å². The second kappa shape index (κ2) is 6.81. The van der Waals surface area contributed by atoms with Crippen molar-refractivity contribution < 1.29 is 4.79 Å². The van der Waals surface area contributed by atoms with E-state index in [0.29, 0.717) is 21.7 Å². The molecule has 0 aliphatic carbocycles. The Balaban J connectivity index is 1.54. The number of aromatic amines is 1. The molecule has 0 radical (unpaired) electrons. The molecule has 4 rings (SSSR count). The average molecular weight is 382 g/mol. The van der Waals surface area contributed by atoms with E-state index in [0.717, 1.165) is 10.6 Å². The van der Waals surface area contributed by atoms with E-state index in [1.807, 2.05) is 35.7 Å². The molecule has 0 spiro atoms. The normalized spacial score (nSPS) is 11.0. The van der Waals surface area contributed by atoms with Crippen LogP contribution in [0, 0.1) is 0 Å². The molecule has 6 nitrogen and oxygen atoms in total. The molecule has 1 amide bonds. The van der Waals surface area contributed by atoms with Crippen molar-refractivity contribution in [3.8, 4) is 10.6 Å². The number of thiazole rings is 1. The second-order valence-electron chi connectivity index (χ2n) is 5.71. The van der Waals surface area contributed by atoms with E-state index in [4.69, 9.17) is 0 Å². The number of carbonyl (C=O) groups is 1. The second-order valence-corrected chi connectivity index (χ2v) is 7.49. The Morgan fingerprint density at radius 2 is 1.96 bits per heavy atom. The zero-order chi connectivity index (χ0) is 18.1. The van der Waals surface area contributed by atoms with Gasteiger partial charge in [0.05, 0.1) is 12.1 Å². The molecule has 0 fully saturated rings. The van der Waals surface area contributed by atoms with E-state index >= 15 is 0 Å². The SMILES string of the molecule is CN(Cc1nc2ccsc2c(=O)[nH]1)C(=O)c1csc(-c2ccccc2)n1. The third-order valence-corrected chi connectivity index (χ3v) is 5.64. The summed E-state index contributed by atoms with van der Waals surface area (Å²) in [7, 11) is 1.67. The minimum Gasteiger partial charge on any atom is -0.333 e.